The van der Waals surface area contributed by atoms with Crippen molar-refractivity contribution in [3.8, 4) is 0 Å². The highest BCUT2D eigenvalue weighted by atomic mass is 16.2. The minimum absolute atomic E-state index is 0.113. The van der Waals surface area contributed by atoms with Crippen LogP contribution in [0.15, 0.2) is 30.7 Å². The first-order valence-corrected chi connectivity index (χ1v) is 7.17. The van der Waals surface area contributed by atoms with Crippen LogP contribution in [0.1, 0.15) is 23.0 Å². The van der Waals surface area contributed by atoms with Crippen LogP contribution in [0.4, 0.5) is 16.2 Å². The normalized spacial score (nSPS) is 12.9. The summed E-state index contributed by atoms with van der Waals surface area (Å²) in [6.07, 6.45) is 3.74. The van der Waals surface area contributed by atoms with Crippen molar-refractivity contribution < 1.29 is 9.59 Å². The van der Waals surface area contributed by atoms with Crippen molar-refractivity contribution in [3.63, 3.8) is 0 Å². The standard InChI is InChI=1S/C15H17N5O2/c1-2-17-15(22)20-6-5-10-3-4-11(7-13(10)20)19-14(21)12-8-16-9-18-12/h3-4,7-9H,2,5-6H2,1H3,(H,16,18)(H,17,22)(H,19,21). The molecule has 7 nitrogen and oxygen atoms in total. The lowest BCUT2D eigenvalue weighted by Crippen LogP contribution is -2.38. The molecule has 0 aliphatic carbocycles. The van der Waals surface area contributed by atoms with E-state index in [9.17, 15) is 9.59 Å². The first-order chi connectivity index (χ1) is 10.7. The molecule has 0 saturated carbocycles. The van der Waals surface area contributed by atoms with E-state index in [1.165, 1.54) is 12.5 Å². The maximum atomic E-state index is 12.0. The van der Waals surface area contributed by atoms with Gasteiger partial charge in [-0.15, -0.1) is 0 Å². The Bertz CT molecular complexity index is 696. The molecular weight excluding hydrogens is 282 g/mol. The van der Waals surface area contributed by atoms with Gasteiger partial charge in [-0.2, -0.15) is 0 Å². The second-order valence-corrected chi connectivity index (χ2v) is 5.00. The Balaban J connectivity index is 1.80. The number of hydrogen-bond acceptors (Lipinski definition) is 3. The van der Waals surface area contributed by atoms with Gasteiger partial charge in [-0.25, -0.2) is 9.78 Å². The zero-order valence-electron chi connectivity index (χ0n) is 12.2. The summed E-state index contributed by atoms with van der Waals surface area (Å²) in [5.41, 5.74) is 2.98. The van der Waals surface area contributed by atoms with Crippen LogP contribution in [0.3, 0.4) is 0 Å². The van der Waals surface area contributed by atoms with Crippen LogP contribution in [0.5, 0.6) is 0 Å². The number of fused-ring (bicyclic) bond motifs is 1. The first-order valence-electron chi connectivity index (χ1n) is 7.17. The van der Waals surface area contributed by atoms with E-state index in [1.54, 1.807) is 4.90 Å². The third kappa shape index (κ3) is 2.65. The van der Waals surface area contributed by atoms with Crippen LogP contribution in [-0.2, 0) is 6.42 Å². The molecule has 0 saturated heterocycles. The highest BCUT2D eigenvalue weighted by Crippen LogP contribution is 2.31. The second kappa shape index (κ2) is 5.88. The molecule has 2 heterocycles. The summed E-state index contributed by atoms with van der Waals surface area (Å²) in [6.45, 7) is 3.12. The number of aromatic nitrogens is 2. The maximum absolute atomic E-state index is 12.0. The van der Waals surface area contributed by atoms with Gasteiger partial charge in [0.25, 0.3) is 5.91 Å². The molecule has 1 aliphatic rings. The lowest BCUT2D eigenvalue weighted by atomic mass is 10.1. The summed E-state index contributed by atoms with van der Waals surface area (Å²) in [5, 5.41) is 5.59. The molecule has 7 heteroatoms. The molecule has 1 aliphatic heterocycles. The minimum atomic E-state index is -0.264. The van der Waals surface area contributed by atoms with Crippen LogP contribution >= 0.6 is 0 Å². The summed E-state index contributed by atoms with van der Waals surface area (Å²) >= 11 is 0. The van der Waals surface area contributed by atoms with E-state index in [0.717, 1.165) is 17.7 Å². The van der Waals surface area contributed by atoms with E-state index in [-0.39, 0.29) is 11.9 Å². The Morgan fingerprint density at radius 1 is 1.41 bits per heavy atom. The number of amides is 3. The summed E-state index contributed by atoms with van der Waals surface area (Å²) in [6, 6.07) is 5.50. The number of H-pyrrole nitrogens is 1. The lowest BCUT2D eigenvalue weighted by Gasteiger charge is -2.18. The number of nitrogens with zero attached hydrogens (tertiary/aromatic N) is 2. The average molecular weight is 299 g/mol. The Morgan fingerprint density at radius 3 is 3.00 bits per heavy atom. The van der Waals surface area contributed by atoms with Crippen LogP contribution < -0.4 is 15.5 Å². The number of hydrogen-bond donors (Lipinski definition) is 3. The van der Waals surface area contributed by atoms with Gasteiger partial charge in [-0.1, -0.05) is 6.07 Å². The molecule has 1 aromatic carbocycles. The van der Waals surface area contributed by atoms with E-state index < -0.39 is 0 Å². The fourth-order valence-electron chi connectivity index (χ4n) is 2.49. The van der Waals surface area contributed by atoms with Crippen molar-refractivity contribution in [2.45, 2.75) is 13.3 Å². The van der Waals surface area contributed by atoms with E-state index in [4.69, 9.17) is 0 Å². The quantitative estimate of drug-likeness (QED) is 0.806. The number of carbonyl (C=O) groups excluding carboxylic acids is 2. The number of nitrogens with one attached hydrogen (secondary N) is 3. The van der Waals surface area contributed by atoms with Gasteiger partial charge < -0.3 is 15.6 Å². The average Bonchev–Trinajstić information content (AvgIpc) is 3.17. The molecule has 0 fully saturated rings. The number of anilines is 2. The van der Waals surface area contributed by atoms with E-state index in [2.05, 4.69) is 20.6 Å². The molecule has 0 unspecified atom stereocenters. The zero-order chi connectivity index (χ0) is 15.5. The summed E-state index contributed by atoms with van der Waals surface area (Å²) in [5.74, 6) is -0.264. The number of rotatable bonds is 3. The number of carbonyl (C=O) groups is 2. The Hall–Kier alpha value is -2.83. The molecule has 0 spiro atoms. The highest BCUT2D eigenvalue weighted by Gasteiger charge is 2.24. The van der Waals surface area contributed by atoms with Gasteiger partial charge in [0.15, 0.2) is 0 Å². The van der Waals surface area contributed by atoms with Gasteiger partial charge in [0, 0.05) is 18.8 Å². The van der Waals surface area contributed by atoms with Gasteiger partial charge in [-0.3, -0.25) is 9.69 Å². The number of imidazole rings is 1. The van der Waals surface area contributed by atoms with E-state index in [1.807, 2.05) is 25.1 Å². The fourth-order valence-corrected chi connectivity index (χ4v) is 2.49. The molecule has 3 N–H and O–H groups in total. The van der Waals surface area contributed by atoms with E-state index >= 15 is 0 Å². The molecule has 3 amide bonds. The van der Waals surface area contributed by atoms with Gasteiger partial charge in [0.1, 0.15) is 5.69 Å². The predicted molar refractivity (Wildman–Crippen MR) is 83.1 cm³/mol. The topological polar surface area (TPSA) is 90.1 Å². The minimum Gasteiger partial charge on any atom is -0.341 e. The Labute approximate surface area is 127 Å². The zero-order valence-corrected chi connectivity index (χ0v) is 12.2. The third-order valence-electron chi connectivity index (χ3n) is 3.55. The van der Waals surface area contributed by atoms with Gasteiger partial charge >= 0.3 is 6.03 Å². The highest BCUT2D eigenvalue weighted by molar-refractivity contribution is 6.03. The van der Waals surface area contributed by atoms with Crippen molar-refractivity contribution in [1.82, 2.24) is 15.3 Å². The predicted octanol–water partition coefficient (Wildman–Crippen LogP) is 1.75. The number of urea groups is 1. The summed E-state index contributed by atoms with van der Waals surface area (Å²) in [7, 11) is 0. The van der Waals surface area contributed by atoms with Crippen LogP contribution in [0.2, 0.25) is 0 Å². The number of benzene rings is 1. The van der Waals surface area contributed by atoms with Crippen molar-refractivity contribution in [2.24, 2.45) is 0 Å². The summed E-state index contributed by atoms with van der Waals surface area (Å²) in [4.78, 5) is 32.3. The number of aromatic amines is 1. The smallest absolute Gasteiger partial charge is 0.321 e. The Kier molecular flexibility index (Phi) is 3.78. The maximum Gasteiger partial charge on any atom is 0.321 e. The molecular formula is C15H17N5O2. The van der Waals surface area contributed by atoms with Gasteiger partial charge in [0.05, 0.1) is 18.2 Å². The molecule has 0 bridgehead atoms. The molecule has 0 radical (unpaired) electrons. The third-order valence-corrected chi connectivity index (χ3v) is 3.55. The molecule has 1 aromatic heterocycles. The SMILES string of the molecule is CCNC(=O)N1CCc2ccc(NC(=O)c3cnc[nH]3)cc21. The van der Waals surface area contributed by atoms with Crippen molar-refractivity contribution in [1.29, 1.82) is 0 Å². The summed E-state index contributed by atoms with van der Waals surface area (Å²) < 4.78 is 0. The fraction of sp³-hybridized carbons (Fsp3) is 0.267. The van der Waals surface area contributed by atoms with Crippen LogP contribution in [-0.4, -0.2) is 35.0 Å². The monoisotopic (exact) mass is 299 g/mol. The molecule has 2 aromatic rings. The van der Waals surface area contributed by atoms with Crippen LogP contribution in [0.25, 0.3) is 0 Å². The Morgan fingerprint density at radius 2 is 2.27 bits per heavy atom. The van der Waals surface area contributed by atoms with Gasteiger partial charge in [0.2, 0.25) is 0 Å². The van der Waals surface area contributed by atoms with E-state index in [0.29, 0.717) is 24.5 Å². The molecule has 22 heavy (non-hydrogen) atoms. The molecule has 0 atom stereocenters. The van der Waals surface area contributed by atoms with Crippen LogP contribution in [0, 0.1) is 0 Å². The largest absolute Gasteiger partial charge is 0.341 e. The molecule has 114 valence electrons. The van der Waals surface area contributed by atoms with Crippen molar-refractivity contribution in [2.75, 3.05) is 23.3 Å². The lowest BCUT2D eigenvalue weighted by molar-refractivity contribution is 0.102. The van der Waals surface area contributed by atoms with Crippen molar-refractivity contribution >= 4 is 23.3 Å². The first kappa shape index (κ1) is 14.1. The van der Waals surface area contributed by atoms with Gasteiger partial charge in [-0.05, 0) is 31.0 Å². The van der Waals surface area contributed by atoms with Crippen molar-refractivity contribution in [3.05, 3.63) is 42.0 Å². The second-order valence-electron chi connectivity index (χ2n) is 5.00. The molecule has 3 rings (SSSR count).